The van der Waals surface area contributed by atoms with Gasteiger partial charge in [0.2, 0.25) is 0 Å². The fourth-order valence-electron chi connectivity index (χ4n) is 2.69. The van der Waals surface area contributed by atoms with Gasteiger partial charge in [0, 0.05) is 13.0 Å². The van der Waals surface area contributed by atoms with Crippen molar-refractivity contribution in [3.05, 3.63) is 48.1 Å². The van der Waals surface area contributed by atoms with Crippen LogP contribution in [0.3, 0.4) is 0 Å². The van der Waals surface area contributed by atoms with Gasteiger partial charge in [0.25, 0.3) is 11.1 Å². The maximum atomic E-state index is 12.2. The normalized spacial score (nSPS) is 12.9. The van der Waals surface area contributed by atoms with Crippen molar-refractivity contribution in [2.45, 2.75) is 33.1 Å². The fourth-order valence-corrected chi connectivity index (χ4v) is 2.69. The lowest BCUT2D eigenvalue weighted by atomic mass is 10.0. The number of hydrogen-bond acceptors (Lipinski definition) is 5. The van der Waals surface area contributed by atoms with Gasteiger partial charge in [-0.05, 0) is 13.3 Å². The number of aromatic amines is 3. The fraction of sp³-hybridized carbons (Fsp3) is 0.429. The number of nitrogens with one attached hydrogen (secondary N) is 3. The molecule has 0 atom stereocenters. The third-order valence-corrected chi connectivity index (χ3v) is 3.75. The predicted octanol–water partition coefficient (Wildman–Crippen LogP) is 0.297. The number of H-pyrrole nitrogens is 3. The Labute approximate surface area is 125 Å². The summed E-state index contributed by atoms with van der Waals surface area (Å²) in [6.07, 6.45) is 1.94. The Morgan fingerprint density at radius 3 is 2.55 bits per heavy atom. The second kappa shape index (κ2) is 5.28. The zero-order valence-corrected chi connectivity index (χ0v) is 12.4. The average molecular weight is 303 g/mol. The molecule has 3 N–H and O–H groups in total. The number of aryl methyl sites for hydroxylation is 1. The summed E-state index contributed by atoms with van der Waals surface area (Å²) >= 11 is 0. The number of unbranched alkanes of at least 4 members (excludes halogenated alkanes) is 1. The summed E-state index contributed by atoms with van der Waals surface area (Å²) in [5, 5.41) is 0. The molecular weight excluding hydrogens is 286 g/mol. The van der Waals surface area contributed by atoms with Crippen molar-refractivity contribution >= 4 is 11.6 Å². The molecule has 8 nitrogen and oxygen atoms in total. The Bertz CT molecular complexity index is 893. The van der Waals surface area contributed by atoms with Crippen molar-refractivity contribution in [1.29, 1.82) is 0 Å². The number of nitrogens with zero attached hydrogens (tertiary/aromatic N) is 2. The van der Waals surface area contributed by atoms with Crippen LogP contribution in [0.1, 0.15) is 36.7 Å². The monoisotopic (exact) mass is 303 g/mol. The number of hydrogen-bond donors (Lipinski definition) is 3. The van der Waals surface area contributed by atoms with Crippen LogP contribution in [-0.2, 0) is 6.42 Å². The van der Waals surface area contributed by atoms with Crippen LogP contribution in [0.4, 0.5) is 11.6 Å². The van der Waals surface area contributed by atoms with E-state index in [4.69, 9.17) is 0 Å². The zero-order valence-electron chi connectivity index (χ0n) is 12.4. The maximum Gasteiger partial charge on any atom is 0.327 e. The molecule has 22 heavy (non-hydrogen) atoms. The Morgan fingerprint density at radius 1 is 1.09 bits per heavy atom. The SMILES string of the molecule is CCCCN1c2nc(C)[nH]c(=O)c2Cc2c1[nH]c(=O)[nH]c2=O. The minimum absolute atomic E-state index is 0.155. The second-order valence-electron chi connectivity index (χ2n) is 5.37. The van der Waals surface area contributed by atoms with E-state index in [-0.39, 0.29) is 12.0 Å². The first kappa shape index (κ1) is 14.3. The van der Waals surface area contributed by atoms with Crippen LogP contribution < -0.4 is 21.7 Å². The molecule has 116 valence electrons. The van der Waals surface area contributed by atoms with Gasteiger partial charge in [-0.3, -0.25) is 19.6 Å². The molecule has 3 heterocycles. The third kappa shape index (κ3) is 2.26. The Morgan fingerprint density at radius 2 is 1.82 bits per heavy atom. The number of anilines is 2. The van der Waals surface area contributed by atoms with Crippen LogP contribution in [0.5, 0.6) is 0 Å². The molecule has 0 radical (unpaired) electrons. The Hall–Kier alpha value is -2.64. The van der Waals surface area contributed by atoms with Crippen LogP contribution in [0, 0.1) is 6.92 Å². The van der Waals surface area contributed by atoms with Gasteiger partial charge >= 0.3 is 5.69 Å². The van der Waals surface area contributed by atoms with Gasteiger partial charge in [0.05, 0.1) is 11.1 Å². The molecule has 0 spiro atoms. The molecular formula is C14H17N5O3. The lowest BCUT2D eigenvalue weighted by molar-refractivity contribution is 0.743. The largest absolute Gasteiger partial charge is 0.327 e. The van der Waals surface area contributed by atoms with Gasteiger partial charge in [-0.15, -0.1) is 0 Å². The number of rotatable bonds is 3. The highest BCUT2D eigenvalue weighted by molar-refractivity contribution is 5.67. The molecule has 0 saturated carbocycles. The van der Waals surface area contributed by atoms with E-state index in [1.807, 2.05) is 6.92 Å². The van der Waals surface area contributed by atoms with E-state index in [1.54, 1.807) is 11.8 Å². The lowest BCUT2D eigenvalue weighted by Gasteiger charge is -2.30. The molecule has 3 rings (SSSR count). The minimum Gasteiger partial charge on any atom is -0.312 e. The highest BCUT2D eigenvalue weighted by Crippen LogP contribution is 2.32. The minimum atomic E-state index is -0.560. The molecule has 1 aliphatic heterocycles. The van der Waals surface area contributed by atoms with Crippen LogP contribution in [0.15, 0.2) is 14.4 Å². The summed E-state index contributed by atoms with van der Waals surface area (Å²) in [6.45, 7) is 4.32. The van der Waals surface area contributed by atoms with Gasteiger partial charge < -0.3 is 9.88 Å². The van der Waals surface area contributed by atoms with E-state index in [9.17, 15) is 14.4 Å². The predicted molar refractivity (Wildman–Crippen MR) is 82.0 cm³/mol. The van der Waals surface area contributed by atoms with Crippen molar-refractivity contribution in [3.8, 4) is 0 Å². The van der Waals surface area contributed by atoms with Gasteiger partial charge in [0.15, 0.2) is 0 Å². The molecule has 0 amide bonds. The van der Waals surface area contributed by atoms with E-state index in [0.717, 1.165) is 12.8 Å². The van der Waals surface area contributed by atoms with Crippen molar-refractivity contribution in [2.24, 2.45) is 0 Å². The molecule has 0 aromatic carbocycles. The van der Waals surface area contributed by atoms with Crippen molar-refractivity contribution in [3.63, 3.8) is 0 Å². The lowest BCUT2D eigenvalue weighted by Crippen LogP contribution is -2.38. The standard InChI is InChI=1S/C14H17N5O3/c1-3-4-5-19-10-8(12(20)16-7(2)15-10)6-9-11(19)17-14(22)18-13(9)21/h3-6H2,1-2H3,(H,15,16,20)(H2,17,18,21,22). The van der Waals surface area contributed by atoms with Gasteiger partial charge in [-0.2, -0.15) is 0 Å². The summed E-state index contributed by atoms with van der Waals surface area (Å²) in [7, 11) is 0. The van der Waals surface area contributed by atoms with Crippen molar-refractivity contribution < 1.29 is 0 Å². The molecule has 1 aliphatic rings. The summed E-state index contributed by atoms with van der Waals surface area (Å²) in [5.74, 6) is 1.46. The van der Waals surface area contributed by atoms with E-state index in [2.05, 4.69) is 19.9 Å². The van der Waals surface area contributed by atoms with Gasteiger partial charge in [0.1, 0.15) is 17.5 Å². The average Bonchev–Trinajstić information content (AvgIpc) is 2.44. The highest BCUT2D eigenvalue weighted by atomic mass is 16.2. The first-order valence-electron chi connectivity index (χ1n) is 7.24. The first-order chi connectivity index (χ1) is 10.5. The van der Waals surface area contributed by atoms with Crippen LogP contribution in [0.25, 0.3) is 0 Å². The first-order valence-corrected chi connectivity index (χ1v) is 7.24. The van der Waals surface area contributed by atoms with Gasteiger partial charge in [-0.25, -0.2) is 9.78 Å². The van der Waals surface area contributed by atoms with E-state index >= 15 is 0 Å². The van der Waals surface area contributed by atoms with Crippen LogP contribution in [-0.4, -0.2) is 26.5 Å². The molecule has 0 saturated heterocycles. The highest BCUT2D eigenvalue weighted by Gasteiger charge is 2.29. The summed E-state index contributed by atoms with van der Waals surface area (Å²) in [5.41, 5.74) is -0.438. The summed E-state index contributed by atoms with van der Waals surface area (Å²) in [4.78, 5) is 49.5. The Balaban J connectivity index is 2.27. The molecule has 8 heteroatoms. The van der Waals surface area contributed by atoms with E-state index in [1.165, 1.54) is 0 Å². The third-order valence-electron chi connectivity index (χ3n) is 3.75. The smallest absolute Gasteiger partial charge is 0.312 e. The topological polar surface area (TPSA) is 115 Å². The Kier molecular flexibility index (Phi) is 3.44. The number of aromatic nitrogens is 4. The zero-order chi connectivity index (χ0) is 15.9. The molecule has 0 bridgehead atoms. The van der Waals surface area contributed by atoms with Crippen molar-refractivity contribution in [1.82, 2.24) is 19.9 Å². The second-order valence-corrected chi connectivity index (χ2v) is 5.37. The summed E-state index contributed by atoms with van der Waals surface area (Å²) in [6, 6.07) is 0. The molecule has 0 unspecified atom stereocenters. The van der Waals surface area contributed by atoms with E-state index < -0.39 is 11.2 Å². The summed E-state index contributed by atoms with van der Waals surface area (Å²) < 4.78 is 0. The molecule has 0 aliphatic carbocycles. The maximum absolute atomic E-state index is 12.2. The molecule has 0 fully saturated rings. The molecule has 2 aromatic heterocycles. The van der Waals surface area contributed by atoms with Crippen molar-refractivity contribution in [2.75, 3.05) is 11.4 Å². The molecule has 2 aromatic rings. The van der Waals surface area contributed by atoms with Crippen LogP contribution >= 0.6 is 0 Å². The number of fused-ring (bicyclic) bond motifs is 2. The quantitative estimate of drug-likeness (QED) is 0.754. The van der Waals surface area contributed by atoms with Crippen LogP contribution in [0.2, 0.25) is 0 Å². The van der Waals surface area contributed by atoms with E-state index in [0.29, 0.717) is 35.1 Å². The van der Waals surface area contributed by atoms with Gasteiger partial charge in [-0.1, -0.05) is 13.3 Å².